The summed E-state index contributed by atoms with van der Waals surface area (Å²) < 4.78 is 22.7. The first-order valence-corrected chi connectivity index (χ1v) is 29.1. The van der Waals surface area contributed by atoms with Crippen molar-refractivity contribution in [3.05, 3.63) is 72.9 Å². The number of carboxylic acid groups (broad SMARTS) is 1. The van der Waals surface area contributed by atoms with Gasteiger partial charge in [-0.2, -0.15) is 0 Å². The maximum absolute atomic E-state index is 12.9. The molecule has 0 aliphatic carbocycles. The Kier molecular flexibility index (Phi) is 50.6. The first-order valence-electron chi connectivity index (χ1n) is 29.1. The third kappa shape index (κ3) is 54.3. The summed E-state index contributed by atoms with van der Waals surface area (Å²) in [7, 11) is 5.92. The van der Waals surface area contributed by atoms with Gasteiger partial charge in [-0.1, -0.05) is 222 Å². The number of aliphatic carboxylic acids is 1. The summed E-state index contributed by atoms with van der Waals surface area (Å²) in [5.74, 6) is -2.29. The number of quaternary nitrogens is 1. The third-order valence-corrected chi connectivity index (χ3v) is 12.4. The van der Waals surface area contributed by atoms with Crippen LogP contribution in [0.25, 0.3) is 0 Å². The molecule has 71 heavy (non-hydrogen) atoms. The van der Waals surface area contributed by atoms with Crippen molar-refractivity contribution in [2.75, 3.05) is 47.5 Å². The number of carbonyl (C=O) groups is 3. The Morgan fingerprint density at radius 2 is 0.803 bits per heavy atom. The molecule has 0 amide bonds. The number of rotatable bonds is 53. The van der Waals surface area contributed by atoms with Crippen molar-refractivity contribution < 1.29 is 42.9 Å². The molecule has 0 aromatic heterocycles. The number of hydrogen-bond acceptors (Lipinski definition) is 8. The van der Waals surface area contributed by atoms with Crippen molar-refractivity contribution in [1.29, 1.82) is 0 Å². The molecule has 9 nitrogen and oxygen atoms in total. The summed E-state index contributed by atoms with van der Waals surface area (Å²) in [4.78, 5) is 37.3. The van der Waals surface area contributed by atoms with E-state index in [0.29, 0.717) is 17.4 Å². The number of carboxylic acids is 1. The highest BCUT2D eigenvalue weighted by Gasteiger charge is 2.22. The molecule has 0 spiro atoms. The van der Waals surface area contributed by atoms with Crippen LogP contribution in [-0.2, 0) is 33.3 Å². The second-order valence-corrected chi connectivity index (χ2v) is 20.5. The molecule has 0 rings (SSSR count). The normalized spacial score (nSPS) is 13.3. The van der Waals surface area contributed by atoms with E-state index in [1.54, 1.807) is 0 Å². The Morgan fingerprint density at radius 3 is 1.20 bits per heavy atom. The van der Waals surface area contributed by atoms with Crippen LogP contribution in [0.2, 0.25) is 0 Å². The molecule has 2 atom stereocenters. The lowest BCUT2D eigenvalue weighted by Gasteiger charge is -2.26. The highest BCUT2D eigenvalue weighted by molar-refractivity contribution is 5.70. The summed E-state index contributed by atoms with van der Waals surface area (Å²) in [6.45, 7) is 4.61. The van der Waals surface area contributed by atoms with Gasteiger partial charge in [0, 0.05) is 12.8 Å². The fraction of sp³-hybridized carbons (Fsp3) is 0.758. The largest absolute Gasteiger partial charge is 0.545 e. The molecule has 0 heterocycles. The minimum Gasteiger partial charge on any atom is -0.545 e. The fourth-order valence-corrected chi connectivity index (χ4v) is 7.97. The zero-order valence-corrected chi connectivity index (χ0v) is 46.6. The lowest BCUT2D eigenvalue weighted by Crippen LogP contribution is -2.44. The van der Waals surface area contributed by atoms with Crippen molar-refractivity contribution in [3.63, 3.8) is 0 Å². The van der Waals surface area contributed by atoms with E-state index in [0.717, 1.165) is 83.5 Å². The number of unbranched alkanes of at least 4 members (excludes halogenated alkanes) is 26. The van der Waals surface area contributed by atoms with Gasteiger partial charge < -0.3 is 33.3 Å². The van der Waals surface area contributed by atoms with Gasteiger partial charge in [-0.15, -0.1) is 0 Å². The number of nitrogens with zero attached hydrogens (tertiary/aromatic N) is 1. The molecule has 0 saturated heterocycles. The van der Waals surface area contributed by atoms with Crippen LogP contribution in [0.4, 0.5) is 0 Å². The van der Waals surface area contributed by atoms with E-state index in [4.69, 9.17) is 18.9 Å². The van der Waals surface area contributed by atoms with Crippen molar-refractivity contribution in [2.45, 2.75) is 257 Å². The van der Waals surface area contributed by atoms with E-state index in [1.807, 2.05) is 21.1 Å². The summed E-state index contributed by atoms with van der Waals surface area (Å²) in [5.41, 5.74) is 0. The zero-order valence-electron chi connectivity index (χ0n) is 46.6. The first-order chi connectivity index (χ1) is 34.6. The number of carbonyl (C=O) groups excluding carboxylic acids is 3. The average molecular weight is 997 g/mol. The molecular formula is C62H109NO8. The quantitative estimate of drug-likeness (QED) is 0.0195. The molecule has 0 aliphatic rings. The van der Waals surface area contributed by atoms with E-state index in [-0.39, 0.29) is 38.6 Å². The van der Waals surface area contributed by atoms with Crippen molar-refractivity contribution in [3.8, 4) is 0 Å². The molecule has 0 radical (unpaired) electrons. The first kappa shape index (κ1) is 67.7. The van der Waals surface area contributed by atoms with Gasteiger partial charge in [0.25, 0.3) is 0 Å². The van der Waals surface area contributed by atoms with Gasteiger partial charge in [0.2, 0.25) is 0 Å². The predicted octanol–water partition coefficient (Wildman–Crippen LogP) is 15.7. The van der Waals surface area contributed by atoms with E-state index in [1.165, 1.54) is 128 Å². The molecule has 0 N–H and O–H groups in total. The van der Waals surface area contributed by atoms with Gasteiger partial charge in [0.15, 0.2) is 12.4 Å². The highest BCUT2D eigenvalue weighted by atomic mass is 16.7. The Balaban J connectivity index is 4.19. The Morgan fingerprint density at radius 1 is 0.437 bits per heavy atom. The lowest BCUT2D eigenvalue weighted by atomic mass is 10.0. The molecule has 0 aliphatic heterocycles. The summed E-state index contributed by atoms with van der Waals surface area (Å²) in [5, 5.41) is 11.8. The van der Waals surface area contributed by atoms with Crippen molar-refractivity contribution >= 4 is 17.9 Å². The van der Waals surface area contributed by atoms with Crippen LogP contribution in [0.5, 0.6) is 0 Å². The summed E-state index contributed by atoms with van der Waals surface area (Å²) in [6, 6.07) is 0. The maximum Gasteiger partial charge on any atom is 0.306 e. The van der Waals surface area contributed by atoms with E-state index in [2.05, 4.69) is 86.8 Å². The Labute approximate surface area is 437 Å². The summed E-state index contributed by atoms with van der Waals surface area (Å²) >= 11 is 0. The van der Waals surface area contributed by atoms with Gasteiger partial charge in [-0.3, -0.25) is 9.59 Å². The number of esters is 2. The SMILES string of the molecule is CC/C=C\C/C=C\C/C=C\C/C=C\CCCCCCCCCCCCCCCCCCC(=O)OC(COC(=O)CCCCCCCCC/C=C\C/C=C\CCCCC)COC(OCC[N+](C)(C)C)C(=O)[O-]. The second kappa shape index (κ2) is 53.0. The highest BCUT2D eigenvalue weighted by Crippen LogP contribution is 2.16. The van der Waals surface area contributed by atoms with E-state index < -0.39 is 24.3 Å². The van der Waals surface area contributed by atoms with Gasteiger partial charge in [-0.05, 0) is 83.5 Å². The lowest BCUT2D eigenvalue weighted by molar-refractivity contribution is -0.870. The van der Waals surface area contributed by atoms with Gasteiger partial charge >= 0.3 is 11.9 Å². The third-order valence-electron chi connectivity index (χ3n) is 12.4. The molecule has 0 saturated carbocycles. The van der Waals surface area contributed by atoms with Crippen LogP contribution in [0, 0.1) is 0 Å². The Bertz CT molecular complexity index is 1390. The van der Waals surface area contributed by atoms with Crippen LogP contribution >= 0.6 is 0 Å². The van der Waals surface area contributed by atoms with Crippen LogP contribution in [0.15, 0.2) is 72.9 Å². The number of allylic oxidation sites excluding steroid dienone is 12. The number of ether oxygens (including phenoxy) is 4. The molecule has 410 valence electrons. The number of likely N-dealkylation sites (N-methyl/N-ethyl adjacent to an activating group) is 1. The van der Waals surface area contributed by atoms with Crippen LogP contribution < -0.4 is 5.11 Å². The standard InChI is InChI=1S/C62H109NO8/c1-6-8-10-12-14-16-18-20-22-24-25-26-27-28-29-30-31-32-33-34-35-37-39-41-43-45-47-49-51-53-60(65)71-58(57-70-62(61(66)67)68-55-54-63(3,4)5)56-69-59(64)52-50-48-46-44-42-40-38-36-23-21-19-17-15-13-11-9-7-2/h8,10,14-17,20-23,25-26,58,62H,6-7,9,11-13,18-19,24,27-57H2,1-5H3/b10-8-,16-14-,17-15-,22-20-,23-21-,26-25-. The Hall–Kier alpha value is -3.27. The summed E-state index contributed by atoms with van der Waals surface area (Å²) in [6.07, 6.45) is 65.2. The molecular weight excluding hydrogens is 887 g/mol. The monoisotopic (exact) mass is 996 g/mol. The molecule has 0 bridgehead atoms. The zero-order chi connectivity index (χ0) is 52.0. The molecule has 0 aromatic rings. The molecule has 9 heteroatoms. The second-order valence-electron chi connectivity index (χ2n) is 20.5. The molecule has 0 fully saturated rings. The van der Waals surface area contributed by atoms with Crippen molar-refractivity contribution in [1.82, 2.24) is 0 Å². The average Bonchev–Trinajstić information content (AvgIpc) is 3.34. The molecule has 2 unspecified atom stereocenters. The van der Waals surface area contributed by atoms with Gasteiger partial charge in [0.05, 0.1) is 40.3 Å². The van der Waals surface area contributed by atoms with Crippen molar-refractivity contribution in [2.24, 2.45) is 0 Å². The maximum atomic E-state index is 12.9. The number of hydrogen-bond donors (Lipinski definition) is 0. The van der Waals surface area contributed by atoms with E-state index >= 15 is 0 Å². The smallest absolute Gasteiger partial charge is 0.306 e. The van der Waals surface area contributed by atoms with Crippen LogP contribution in [-0.4, -0.2) is 82.3 Å². The minimum absolute atomic E-state index is 0.145. The van der Waals surface area contributed by atoms with E-state index in [9.17, 15) is 19.5 Å². The minimum atomic E-state index is -1.62. The fourth-order valence-electron chi connectivity index (χ4n) is 7.97. The van der Waals surface area contributed by atoms with Gasteiger partial charge in [-0.25, -0.2) is 0 Å². The topological polar surface area (TPSA) is 111 Å². The predicted molar refractivity (Wildman–Crippen MR) is 297 cm³/mol. The molecule has 0 aromatic carbocycles. The van der Waals surface area contributed by atoms with Gasteiger partial charge in [0.1, 0.15) is 13.2 Å². The van der Waals surface area contributed by atoms with Crippen LogP contribution in [0.1, 0.15) is 245 Å². The van der Waals surface area contributed by atoms with Crippen LogP contribution in [0.3, 0.4) is 0 Å².